The summed E-state index contributed by atoms with van der Waals surface area (Å²) in [6.07, 6.45) is -0.954. The van der Waals surface area contributed by atoms with Crippen LogP contribution in [0.4, 0.5) is 0 Å². The second-order valence-corrected chi connectivity index (χ2v) is 1.34. The molecule has 0 amide bonds. The third kappa shape index (κ3) is 38.5. The Kier molecular flexibility index (Phi) is 71.4. The SMILES string of the molecule is CCO.OCC(O)CO.[Na].[Na].[Na]. The normalized spacial score (nSPS) is 6.50. The van der Waals surface area contributed by atoms with Crippen LogP contribution < -0.4 is 0 Å². The van der Waals surface area contributed by atoms with Crippen molar-refractivity contribution in [2.24, 2.45) is 0 Å². The molecule has 0 fully saturated rings. The van der Waals surface area contributed by atoms with Crippen molar-refractivity contribution in [2.45, 2.75) is 13.0 Å². The van der Waals surface area contributed by atoms with E-state index < -0.39 is 6.10 Å². The molecule has 0 heterocycles. The van der Waals surface area contributed by atoms with Gasteiger partial charge in [-0.2, -0.15) is 0 Å². The molecule has 0 aliphatic carbocycles. The molecule has 12 heavy (non-hydrogen) atoms. The summed E-state index contributed by atoms with van der Waals surface area (Å²) in [7, 11) is 0. The minimum Gasteiger partial charge on any atom is -0.397 e. The van der Waals surface area contributed by atoms with Gasteiger partial charge in [0, 0.05) is 95.3 Å². The van der Waals surface area contributed by atoms with Crippen LogP contribution in [0.3, 0.4) is 0 Å². The Morgan fingerprint density at radius 3 is 1.08 bits per heavy atom. The first-order chi connectivity index (χ1) is 4.22. The summed E-state index contributed by atoms with van der Waals surface area (Å²) in [5.74, 6) is 0. The predicted octanol–water partition coefficient (Wildman–Crippen LogP) is -2.81. The summed E-state index contributed by atoms with van der Waals surface area (Å²) in [6.45, 7) is 1.20. The Balaban J connectivity index is -0.0000000246. The van der Waals surface area contributed by atoms with Gasteiger partial charge < -0.3 is 20.4 Å². The number of aliphatic hydroxyl groups excluding tert-OH is 4. The Labute approximate surface area is 140 Å². The fourth-order valence-corrected chi connectivity index (χ4v) is 0.0577. The second kappa shape index (κ2) is 29.2. The summed E-state index contributed by atoms with van der Waals surface area (Å²) in [6, 6.07) is 0. The van der Waals surface area contributed by atoms with Crippen LogP contribution in [0.2, 0.25) is 0 Å². The van der Waals surface area contributed by atoms with Crippen LogP contribution in [0, 0.1) is 0 Å². The smallest absolute Gasteiger partial charge is 0.100 e. The van der Waals surface area contributed by atoms with E-state index in [9.17, 15) is 0 Å². The van der Waals surface area contributed by atoms with Gasteiger partial charge in [-0.25, -0.2) is 0 Å². The zero-order valence-corrected chi connectivity index (χ0v) is 14.5. The average Bonchev–Trinajstić information content (AvgIpc) is 1.88. The maximum Gasteiger partial charge on any atom is 0.100 e. The molecule has 0 aliphatic rings. The van der Waals surface area contributed by atoms with Gasteiger partial charge in [0.2, 0.25) is 0 Å². The van der Waals surface area contributed by atoms with Crippen molar-refractivity contribution in [2.75, 3.05) is 19.8 Å². The number of rotatable bonds is 2. The summed E-state index contributed by atoms with van der Waals surface area (Å²) in [4.78, 5) is 0. The van der Waals surface area contributed by atoms with E-state index in [0.29, 0.717) is 0 Å². The van der Waals surface area contributed by atoms with Crippen molar-refractivity contribution in [3.63, 3.8) is 0 Å². The molecular formula is C5H14Na3O4. The van der Waals surface area contributed by atoms with Crippen molar-refractivity contribution < 1.29 is 20.4 Å². The van der Waals surface area contributed by atoms with E-state index in [1.54, 1.807) is 6.92 Å². The molecule has 3 radical (unpaired) electrons. The first-order valence-corrected chi connectivity index (χ1v) is 2.73. The summed E-state index contributed by atoms with van der Waals surface area (Å²) in [5.41, 5.74) is 0. The molecule has 4 N–H and O–H groups in total. The number of hydrogen-bond donors (Lipinski definition) is 4. The molecular weight excluding hydrogens is 193 g/mol. The van der Waals surface area contributed by atoms with Gasteiger partial charge in [-0.15, -0.1) is 0 Å². The van der Waals surface area contributed by atoms with Crippen LogP contribution in [-0.2, 0) is 0 Å². The zero-order chi connectivity index (χ0) is 7.70. The van der Waals surface area contributed by atoms with Crippen LogP contribution >= 0.6 is 0 Å². The van der Waals surface area contributed by atoms with Crippen molar-refractivity contribution >= 4 is 88.7 Å². The molecule has 4 nitrogen and oxygen atoms in total. The van der Waals surface area contributed by atoms with Gasteiger partial charge in [0.25, 0.3) is 0 Å². The molecule has 0 unspecified atom stereocenters. The molecule has 7 heteroatoms. The van der Waals surface area contributed by atoms with E-state index in [1.165, 1.54) is 0 Å². The molecule has 0 aliphatic heterocycles. The third-order valence-electron chi connectivity index (χ3n) is 0.421. The van der Waals surface area contributed by atoms with Gasteiger partial charge in [0.15, 0.2) is 0 Å². The molecule has 0 aromatic heterocycles. The fourth-order valence-electron chi connectivity index (χ4n) is 0.0577. The largest absolute Gasteiger partial charge is 0.397 e. The first-order valence-electron chi connectivity index (χ1n) is 2.73. The molecule has 0 atom stereocenters. The van der Waals surface area contributed by atoms with Crippen molar-refractivity contribution in [1.29, 1.82) is 0 Å². The second-order valence-electron chi connectivity index (χ2n) is 1.34. The van der Waals surface area contributed by atoms with Crippen LogP contribution in [-0.4, -0.2) is 135 Å². The Hall–Kier alpha value is 2.84. The van der Waals surface area contributed by atoms with Gasteiger partial charge in [-0.05, 0) is 6.92 Å². The zero-order valence-electron chi connectivity index (χ0n) is 8.49. The molecule has 0 aromatic carbocycles. The predicted molar refractivity (Wildman–Crippen MR) is 50.2 cm³/mol. The van der Waals surface area contributed by atoms with E-state index in [4.69, 9.17) is 20.4 Å². The van der Waals surface area contributed by atoms with E-state index in [-0.39, 0.29) is 108 Å². The molecule has 0 saturated heterocycles. The van der Waals surface area contributed by atoms with Crippen LogP contribution in [0.25, 0.3) is 0 Å². The Morgan fingerprint density at radius 2 is 1.08 bits per heavy atom. The summed E-state index contributed by atoms with van der Waals surface area (Å²) in [5, 5.41) is 31.6. The van der Waals surface area contributed by atoms with E-state index >= 15 is 0 Å². The quantitative estimate of drug-likeness (QED) is 0.368. The van der Waals surface area contributed by atoms with E-state index in [2.05, 4.69) is 0 Å². The first kappa shape index (κ1) is 29.4. The van der Waals surface area contributed by atoms with Gasteiger partial charge in [-0.1, -0.05) is 0 Å². The van der Waals surface area contributed by atoms with Gasteiger partial charge in [0.1, 0.15) is 6.10 Å². The van der Waals surface area contributed by atoms with Crippen LogP contribution in [0.5, 0.6) is 0 Å². The van der Waals surface area contributed by atoms with Crippen molar-refractivity contribution in [1.82, 2.24) is 0 Å². The van der Waals surface area contributed by atoms with Gasteiger partial charge in [-0.3, -0.25) is 0 Å². The maximum atomic E-state index is 8.17. The molecule has 0 aromatic rings. The van der Waals surface area contributed by atoms with Crippen molar-refractivity contribution in [3.8, 4) is 0 Å². The van der Waals surface area contributed by atoms with Gasteiger partial charge in [0.05, 0.1) is 13.2 Å². The summed E-state index contributed by atoms with van der Waals surface area (Å²) >= 11 is 0. The standard InChI is InChI=1S/C3H8O3.C2H6O.3Na/c4-1-3(6)2-5;1-2-3;;;/h3-6H,1-2H2;3H,2H2,1H3;;;. The topological polar surface area (TPSA) is 80.9 Å². The van der Waals surface area contributed by atoms with Crippen molar-refractivity contribution in [3.05, 3.63) is 0 Å². The van der Waals surface area contributed by atoms with E-state index in [0.717, 1.165) is 0 Å². The van der Waals surface area contributed by atoms with Crippen LogP contribution in [0.15, 0.2) is 0 Å². The minimum atomic E-state index is -0.954. The average molecular weight is 207 g/mol. The third-order valence-corrected chi connectivity index (χ3v) is 0.421. The fraction of sp³-hybridized carbons (Fsp3) is 1.00. The Morgan fingerprint density at radius 1 is 0.917 bits per heavy atom. The van der Waals surface area contributed by atoms with Crippen LogP contribution in [0.1, 0.15) is 6.92 Å². The van der Waals surface area contributed by atoms with E-state index in [1.807, 2.05) is 0 Å². The Bertz CT molecular complexity index is 45.7. The molecule has 0 bridgehead atoms. The monoisotopic (exact) mass is 207 g/mol. The van der Waals surface area contributed by atoms with Gasteiger partial charge >= 0.3 is 0 Å². The summed E-state index contributed by atoms with van der Waals surface area (Å²) < 4.78 is 0. The number of aliphatic hydroxyl groups is 4. The molecule has 0 spiro atoms. The minimum absolute atomic E-state index is 0. The maximum absolute atomic E-state index is 8.17. The number of hydrogen-bond acceptors (Lipinski definition) is 4. The molecule has 0 rings (SSSR count). The molecule has 0 saturated carbocycles. The molecule has 61 valence electrons.